The molecule has 3 aromatic heterocycles. The molecule has 0 aliphatic carbocycles. The van der Waals surface area contributed by atoms with E-state index in [9.17, 15) is 4.79 Å². The van der Waals surface area contributed by atoms with Gasteiger partial charge in [-0.2, -0.15) is 0 Å². The van der Waals surface area contributed by atoms with Gasteiger partial charge in [0.25, 0.3) is 0 Å². The summed E-state index contributed by atoms with van der Waals surface area (Å²) < 4.78 is 2.02. The zero-order valence-electron chi connectivity index (χ0n) is 18.7. The molecule has 4 aromatic rings. The summed E-state index contributed by atoms with van der Waals surface area (Å²) in [5, 5.41) is 7.53. The van der Waals surface area contributed by atoms with E-state index in [-0.39, 0.29) is 24.4 Å². The number of nitrogens with one attached hydrogen (secondary N) is 2. The van der Waals surface area contributed by atoms with Gasteiger partial charge >= 0.3 is 0 Å². The van der Waals surface area contributed by atoms with Crippen molar-refractivity contribution >= 4 is 40.5 Å². The Hall–Kier alpha value is -3.75. The lowest BCUT2D eigenvalue weighted by Crippen LogP contribution is -2.33. The first kappa shape index (κ1) is 23.0. The standard InChI is InChI=1S/C26H23ClN6OS/c27-18-11-12-22(29-17-18)32-15-6-10-21(32)25-24(20-9-4-5-14-28-20)31-26(35)33(25)16-13-23(34)30-19-7-2-1-3-8-19/h1-12,14-15,17,24-25H,13,16H2,(H,30,34)(H,31,35)/t24-,25-/m1/s1. The van der Waals surface area contributed by atoms with Crippen molar-refractivity contribution in [2.75, 3.05) is 11.9 Å². The first-order valence-electron chi connectivity index (χ1n) is 11.2. The molecule has 35 heavy (non-hydrogen) atoms. The largest absolute Gasteiger partial charge is 0.352 e. The Morgan fingerprint density at radius 3 is 2.60 bits per heavy atom. The minimum Gasteiger partial charge on any atom is -0.352 e. The molecule has 7 nitrogen and oxygen atoms in total. The molecule has 1 fully saturated rings. The van der Waals surface area contributed by atoms with Crippen molar-refractivity contribution in [3.05, 3.63) is 108 Å². The normalized spacial score (nSPS) is 17.3. The number of anilines is 1. The summed E-state index contributed by atoms with van der Waals surface area (Å²) in [5.41, 5.74) is 2.62. The monoisotopic (exact) mass is 502 g/mol. The molecule has 1 aliphatic heterocycles. The van der Waals surface area contributed by atoms with E-state index in [1.165, 1.54) is 0 Å². The molecule has 5 rings (SSSR count). The highest BCUT2D eigenvalue weighted by Gasteiger charge is 2.41. The second kappa shape index (κ2) is 10.2. The third-order valence-corrected chi connectivity index (χ3v) is 6.45. The number of halogens is 1. The van der Waals surface area contributed by atoms with E-state index in [1.807, 2.05) is 83.6 Å². The van der Waals surface area contributed by atoms with Gasteiger partial charge in [-0.05, 0) is 60.7 Å². The molecule has 0 spiro atoms. The van der Waals surface area contributed by atoms with Crippen LogP contribution >= 0.6 is 23.8 Å². The summed E-state index contributed by atoms with van der Waals surface area (Å²) >= 11 is 11.8. The highest BCUT2D eigenvalue weighted by molar-refractivity contribution is 7.80. The maximum absolute atomic E-state index is 12.7. The van der Waals surface area contributed by atoms with Crippen LogP contribution in [0.1, 0.15) is 29.9 Å². The van der Waals surface area contributed by atoms with Crippen LogP contribution in [0, 0.1) is 0 Å². The summed E-state index contributed by atoms with van der Waals surface area (Å²) in [6.45, 7) is 0.442. The number of carbonyl (C=O) groups is 1. The smallest absolute Gasteiger partial charge is 0.226 e. The van der Waals surface area contributed by atoms with Gasteiger partial charge in [-0.3, -0.25) is 9.78 Å². The number of nitrogens with zero attached hydrogens (tertiary/aromatic N) is 4. The van der Waals surface area contributed by atoms with Crippen molar-refractivity contribution in [3.8, 4) is 5.82 Å². The summed E-state index contributed by atoms with van der Waals surface area (Å²) in [4.78, 5) is 23.8. The van der Waals surface area contributed by atoms with Crippen LogP contribution in [-0.2, 0) is 4.79 Å². The number of pyridine rings is 2. The third kappa shape index (κ3) is 5.03. The molecule has 1 aliphatic rings. The van der Waals surface area contributed by atoms with Crippen LogP contribution in [0.2, 0.25) is 5.02 Å². The van der Waals surface area contributed by atoms with Crippen LogP contribution in [0.5, 0.6) is 0 Å². The van der Waals surface area contributed by atoms with E-state index in [0.717, 1.165) is 22.9 Å². The molecule has 176 valence electrons. The summed E-state index contributed by atoms with van der Waals surface area (Å²) in [7, 11) is 0. The molecule has 0 saturated carbocycles. The van der Waals surface area contributed by atoms with Gasteiger partial charge in [0, 0.05) is 42.9 Å². The predicted octanol–water partition coefficient (Wildman–Crippen LogP) is 4.92. The lowest BCUT2D eigenvalue weighted by molar-refractivity contribution is -0.116. The van der Waals surface area contributed by atoms with Crippen molar-refractivity contribution in [1.29, 1.82) is 0 Å². The zero-order valence-corrected chi connectivity index (χ0v) is 20.3. The van der Waals surface area contributed by atoms with Crippen LogP contribution in [0.15, 0.2) is 91.4 Å². The van der Waals surface area contributed by atoms with E-state index in [2.05, 4.69) is 25.5 Å². The molecule has 9 heteroatoms. The Balaban J connectivity index is 1.45. The van der Waals surface area contributed by atoms with Gasteiger partial charge in [0.2, 0.25) is 5.91 Å². The minimum atomic E-state index is -0.200. The summed E-state index contributed by atoms with van der Waals surface area (Å²) in [5.74, 6) is 0.669. The first-order chi connectivity index (χ1) is 17.1. The third-order valence-electron chi connectivity index (χ3n) is 5.88. The van der Waals surface area contributed by atoms with Gasteiger partial charge in [-0.25, -0.2) is 4.98 Å². The lowest BCUT2D eigenvalue weighted by atomic mass is 10.0. The molecular formula is C26H23ClN6OS. The number of rotatable bonds is 7. The van der Waals surface area contributed by atoms with Crippen molar-refractivity contribution in [2.24, 2.45) is 0 Å². The molecule has 4 heterocycles. The fraction of sp³-hybridized carbons (Fsp3) is 0.154. The second-order valence-electron chi connectivity index (χ2n) is 8.12. The zero-order chi connectivity index (χ0) is 24.2. The maximum Gasteiger partial charge on any atom is 0.226 e. The highest BCUT2D eigenvalue weighted by Crippen LogP contribution is 2.39. The van der Waals surface area contributed by atoms with Crippen molar-refractivity contribution in [2.45, 2.75) is 18.5 Å². The van der Waals surface area contributed by atoms with Gasteiger partial charge in [0.05, 0.1) is 22.8 Å². The van der Waals surface area contributed by atoms with E-state index < -0.39 is 0 Å². The molecule has 1 aromatic carbocycles. The molecule has 2 atom stereocenters. The van der Waals surface area contributed by atoms with Gasteiger partial charge in [-0.15, -0.1) is 0 Å². The lowest BCUT2D eigenvalue weighted by Gasteiger charge is -2.28. The van der Waals surface area contributed by atoms with Crippen LogP contribution in [-0.4, -0.2) is 37.0 Å². The minimum absolute atomic E-state index is 0.0752. The Morgan fingerprint density at radius 1 is 1.03 bits per heavy atom. The Kier molecular flexibility index (Phi) is 6.74. The van der Waals surface area contributed by atoms with Gasteiger partial charge < -0.3 is 20.1 Å². The Morgan fingerprint density at radius 2 is 1.86 bits per heavy atom. The van der Waals surface area contributed by atoms with Crippen LogP contribution in [0.3, 0.4) is 0 Å². The van der Waals surface area contributed by atoms with Crippen molar-refractivity contribution in [1.82, 2.24) is 24.8 Å². The van der Waals surface area contributed by atoms with E-state index in [0.29, 0.717) is 16.7 Å². The Bertz CT molecular complexity index is 1310. The molecule has 0 unspecified atom stereocenters. The topological polar surface area (TPSA) is 75.1 Å². The molecule has 1 amide bonds. The van der Waals surface area contributed by atoms with Crippen LogP contribution in [0.4, 0.5) is 5.69 Å². The number of para-hydroxylation sites is 1. The molecule has 1 saturated heterocycles. The van der Waals surface area contributed by atoms with Gasteiger partial charge in [0.15, 0.2) is 5.11 Å². The number of hydrogen-bond acceptors (Lipinski definition) is 4. The van der Waals surface area contributed by atoms with Crippen LogP contribution < -0.4 is 10.6 Å². The SMILES string of the molecule is O=C(CCN1C(=S)N[C@H](c2ccccn2)[C@H]1c1cccn1-c1ccc(Cl)cn1)Nc1ccccc1. The van der Waals surface area contributed by atoms with E-state index >= 15 is 0 Å². The fourth-order valence-corrected chi connectivity index (χ4v) is 4.73. The number of amides is 1. The Labute approximate surface area is 213 Å². The van der Waals surface area contributed by atoms with Crippen LogP contribution in [0.25, 0.3) is 5.82 Å². The first-order valence-corrected chi connectivity index (χ1v) is 12.0. The van der Waals surface area contributed by atoms with E-state index in [1.54, 1.807) is 12.4 Å². The molecule has 0 radical (unpaired) electrons. The quantitative estimate of drug-likeness (QED) is 0.349. The van der Waals surface area contributed by atoms with Gasteiger partial charge in [0.1, 0.15) is 5.82 Å². The average Bonchev–Trinajstić information content (AvgIpc) is 3.48. The fourth-order valence-electron chi connectivity index (χ4n) is 4.29. The average molecular weight is 503 g/mol. The van der Waals surface area contributed by atoms with E-state index in [4.69, 9.17) is 23.8 Å². The number of aromatic nitrogens is 3. The highest BCUT2D eigenvalue weighted by atomic mass is 35.5. The number of hydrogen-bond donors (Lipinski definition) is 2. The second-order valence-corrected chi connectivity index (χ2v) is 8.95. The summed E-state index contributed by atoms with van der Waals surface area (Å²) in [6, 6.07) is 22.6. The number of benzene rings is 1. The number of thiocarbonyl (C=S) groups is 1. The molecular weight excluding hydrogens is 480 g/mol. The number of carbonyl (C=O) groups excluding carboxylic acids is 1. The van der Waals surface area contributed by atoms with Crippen molar-refractivity contribution < 1.29 is 4.79 Å². The van der Waals surface area contributed by atoms with Gasteiger partial charge in [-0.1, -0.05) is 35.9 Å². The predicted molar refractivity (Wildman–Crippen MR) is 140 cm³/mol. The maximum atomic E-state index is 12.7. The molecule has 2 N–H and O–H groups in total. The molecule has 0 bridgehead atoms. The summed E-state index contributed by atoms with van der Waals surface area (Å²) in [6.07, 6.45) is 5.64. The van der Waals surface area contributed by atoms with Crippen molar-refractivity contribution in [3.63, 3.8) is 0 Å².